The van der Waals surface area contributed by atoms with E-state index in [-0.39, 0.29) is 0 Å². The average molecular weight is 503 g/mol. The monoisotopic (exact) mass is 502 g/mol. The Morgan fingerprint density at radius 3 is 2.05 bits per heavy atom. The summed E-state index contributed by atoms with van der Waals surface area (Å²) in [4.78, 5) is 19.7. The minimum absolute atomic E-state index is 0.667. The van der Waals surface area contributed by atoms with Gasteiger partial charge in [-0.05, 0) is 30.2 Å². The summed E-state index contributed by atoms with van der Waals surface area (Å²) in [6, 6.07) is 32.7. The summed E-state index contributed by atoms with van der Waals surface area (Å²) in [5.41, 5.74) is 7.86. The summed E-state index contributed by atoms with van der Waals surface area (Å²) in [6.45, 7) is 5.82. The number of fused-ring (bicyclic) bond motifs is 3. The van der Waals surface area contributed by atoms with Gasteiger partial charge in [-0.25, -0.2) is 19.9 Å². The maximum absolute atomic E-state index is 5.07. The molecule has 0 aliphatic carbocycles. The van der Waals surface area contributed by atoms with Gasteiger partial charge in [0.15, 0.2) is 11.6 Å². The van der Waals surface area contributed by atoms with Crippen molar-refractivity contribution in [2.24, 2.45) is 0 Å². The SMILES string of the molecule is C=CC=CC=C(C)c1ccc(-c2nc(-c3ccccc3)c3ccc4nc(-c5ccccc5)ncc4c3n2)cc1. The fourth-order valence-electron chi connectivity index (χ4n) is 4.63. The lowest BCUT2D eigenvalue weighted by Gasteiger charge is -2.12. The molecule has 0 unspecified atom stereocenters. The van der Waals surface area contributed by atoms with Crippen LogP contribution in [0.15, 0.2) is 134 Å². The van der Waals surface area contributed by atoms with Crippen LogP contribution in [-0.2, 0) is 0 Å². The molecule has 186 valence electrons. The van der Waals surface area contributed by atoms with Crippen LogP contribution in [0.2, 0.25) is 0 Å². The Kier molecular flexibility index (Phi) is 6.59. The van der Waals surface area contributed by atoms with Crippen molar-refractivity contribution in [3.05, 3.63) is 140 Å². The molecule has 0 spiro atoms. The Morgan fingerprint density at radius 2 is 1.33 bits per heavy atom. The first kappa shape index (κ1) is 24.1. The van der Waals surface area contributed by atoms with Crippen molar-refractivity contribution in [3.63, 3.8) is 0 Å². The molecule has 0 N–H and O–H groups in total. The summed E-state index contributed by atoms with van der Waals surface area (Å²) in [6.07, 6.45) is 9.64. The number of hydrogen-bond donors (Lipinski definition) is 0. The number of aromatic nitrogens is 4. The fraction of sp³-hybridized carbons (Fsp3) is 0.0286. The zero-order valence-electron chi connectivity index (χ0n) is 21.6. The molecule has 0 amide bonds. The Morgan fingerprint density at radius 1 is 0.641 bits per heavy atom. The maximum Gasteiger partial charge on any atom is 0.160 e. The lowest BCUT2D eigenvalue weighted by Crippen LogP contribution is -1.98. The van der Waals surface area contributed by atoms with Gasteiger partial charge in [0, 0.05) is 33.7 Å². The summed E-state index contributed by atoms with van der Waals surface area (Å²) in [7, 11) is 0. The van der Waals surface area contributed by atoms with Crippen LogP contribution in [0.1, 0.15) is 12.5 Å². The Bertz CT molecular complexity index is 1850. The van der Waals surface area contributed by atoms with Gasteiger partial charge in [0.25, 0.3) is 0 Å². The molecule has 4 nitrogen and oxygen atoms in total. The van der Waals surface area contributed by atoms with E-state index in [9.17, 15) is 0 Å². The quantitative estimate of drug-likeness (QED) is 0.169. The van der Waals surface area contributed by atoms with E-state index < -0.39 is 0 Å². The molecule has 0 saturated carbocycles. The van der Waals surface area contributed by atoms with Crippen molar-refractivity contribution < 1.29 is 0 Å². The molecule has 6 aromatic rings. The van der Waals surface area contributed by atoms with Crippen LogP contribution < -0.4 is 0 Å². The van der Waals surface area contributed by atoms with E-state index in [1.54, 1.807) is 6.08 Å². The third-order valence-electron chi connectivity index (χ3n) is 6.70. The second kappa shape index (κ2) is 10.6. The van der Waals surface area contributed by atoms with E-state index in [0.29, 0.717) is 11.6 Å². The van der Waals surface area contributed by atoms with Gasteiger partial charge >= 0.3 is 0 Å². The highest BCUT2D eigenvalue weighted by molar-refractivity contribution is 6.08. The molecular formula is C35H26N4. The van der Waals surface area contributed by atoms with Crippen molar-refractivity contribution in [2.45, 2.75) is 6.92 Å². The first-order valence-corrected chi connectivity index (χ1v) is 12.9. The highest BCUT2D eigenvalue weighted by Crippen LogP contribution is 2.33. The van der Waals surface area contributed by atoms with Gasteiger partial charge in [-0.2, -0.15) is 0 Å². The Balaban J connectivity index is 1.52. The molecule has 0 saturated heterocycles. The molecule has 0 bridgehead atoms. The molecule has 0 aliphatic rings. The molecule has 0 atom stereocenters. The van der Waals surface area contributed by atoms with Gasteiger partial charge in [-0.1, -0.05) is 116 Å². The smallest absolute Gasteiger partial charge is 0.160 e. The van der Waals surface area contributed by atoms with Crippen LogP contribution in [0.4, 0.5) is 0 Å². The van der Waals surface area contributed by atoms with E-state index >= 15 is 0 Å². The minimum Gasteiger partial charge on any atom is -0.236 e. The summed E-state index contributed by atoms with van der Waals surface area (Å²) >= 11 is 0. The average Bonchev–Trinajstić information content (AvgIpc) is 3.01. The summed E-state index contributed by atoms with van der Waals surface area (Å²) < 4.78 is 0. The van der Waals surface area contributed by atoms with Crippen LogP contribution >= 0.6 is 0 Å². The predicted octanol–water partition coefficient (Wildman–Crippen LogP) is 8.72. The zero-order chi connectivity index (χ0) is 26.6. The van der Waals surface area contributed by atoms with Gasteiger partial charge in [-0.3, -0.25) is 0 Å². The van der Waals surface area contributed by atoms with Crippen LogP contribution in [0, 0.1) is 0 Å². The van der Waals surface area contributed by atoms with E-state index in [2.05, 4.69) is 62.0 Å². The van der Waals surface area contributed by atoms with E-state index in [1.165, 1.54) is 5.57 Å². The molecular weight excluding hydrogens is 476 g/mol. The molecule has 0 fully saturated rings. The first-order chi connectivity index (χ1) is 19.2. The highest BCUT2D eigenvalue weighted by Gasteiger charge is 2.15. The lowest BCUT2D eigenvalue weighted by atomic mass is 10.0. The molecule has 0 aliphatic heterocycles. The second-order valence-electron chi connectivity index (χ2n) is 9.26. The first-order valence-electron chi connectivity index (χ1n) is 12.9. The largest absolute Gasteiger partial charge is 0.236 e. The normalized spacial score (nSPS) is 11.9. The summed E-state index contributed by atoms with van der Waals surface area (Å²) in [5.74, 6) is 1.36. The van der Waals surface area contributed by atoms with Gasteiger partial charge < -0.3 is 0 Å². The van der Waals surface area contributed by atoms with Gasteiger partial charge in [0.05, 0.1) is 16.7 Å². The molecule has 2 heterocycles. The Labute approximate surface area is 227 Å². The van der Waals surface area contributed by atoms with Crippen LogP contribution in [0.5, 0.6) is 0 Å². The Hall–Kier alpha value is -5.22. The summed E-state index contributed by atoms with van der Waals surface area (Å²) in [5, 5.41) is 1.87. The van der Waals surface area contributed by atoms with Gasteiger partial charge in [0.2, 0.25) is 0 Å². The van der Waals surface area contributed by atoms with E-state index in [4.69, 9.17) is 19.9 Å². The van der Waals surface area contributed by atoms with Crippen LogP contribution in [0.25, 0.3) is 61.4 Å². The maximum atomic E-state index is 5.07. The van der Waals surface area contributed by atoms with Crippen molar-refractivity contribution in [2.75, 3.05) is 0 Å². The molecule has 2 aromatic heterocycles. The van der Waals surface area contributed by atoms with Crippen molar-refractivity contribution >= 4 is 27.4 Å². The van der Waals surface area contributed by atoms with E-state index in [0.717, 1.165) is 49.8 Å². The minimum atomic E-state index is 0.667. The van der Waals surface area contributed by atoms with Gasteiger partial charge in [-0.15, -0.1) is 0 Å². The second-order valence-corrected chi connectivity index (χ2v) is 9.26. The number of allylic oxidation sites excluding steroid dienone is 5. The number of nitrogens with zero attached hydrogens (tertiary/aromatic N) is 4. The van der Waals surface area contributed by atoms with E-state index in [1.807, 2.05) is 72.9 Å². The van der Waals surface area contributed by atoms with Crippen LogP contribution in [0.3, 0.4) is 0 Å². The number of rotatable bonds is 6. The standard InChI is InChI=1S/C35H26N4/c1-3-4-7-12-24(2)25-17-19-28(20-18-25)35-38-32(26-13-8-5-9-14-26)29-21-22-31-30(33(29)39-35)23-36-34(37-31)27-15-10-6-11-16-27/h3-23H,1H2,2H3. The van der Waals surface area contributed by atoms with Crippen molar-refractivity contribution in [1.82, 2.24) is 19.9 Å². The molecule has 6 rings (SSSR count). The molecule has 0 radical (unpaired) electrons. The zero-order valence-corrected chi connectivity index (χ0v) is 21.6. The van der Waals surface area contributed by atoms with Gasteiger partial charge in [0.1, 0.15) is 0 Å². The topological polar surface area (TPSA) is 51.6 Å². The third kappa shape index (κ3) is 4.88. The van der Waals surface area contributed by atoms with Crippen molar-refractivity contribution in [1.29, 1.82) is 0 Å². The predicted molar refractivity (Wildman–Crippen MR) is 162 cm³/mol. The fourth-order valence-corrected chi connectivity index (χ4v) is 4.63. The third-order valence-corrected chi connectivity index (χ3v) is 6.70. The molecule has 4 aromatic carbocycles. The highest BCUT2D eigenvalue weighted by atomic mass is 14.9. The molecule has 4 heteroatoms. The number of benzene rings is 4. The molecule has 39 heavy (non-hydrogen) atoms. The lowest BCUT2D eigenvalue weighted by molar-refractivity contribution is 1.21. The van der Waals surface area contributed by atoms with Crippen LogP contribution in [-0.4, -0.2) is 19.9 Å². The number of hydrogen-bond acceptors (Lipinski definition) is 4. The van der Waals surface area contributed by atoms with Crippen molar-refractivity contribution in [3.8, 4) is 34.0 Å².